The minimum absolute atomic E-state index is 0.112. The molecular formula is C6H14N6. The van der Waals surface area contributed by atoms with Crippen LogP contribution < -0.4 is 11.5 Å². The van der Waals surface area contributed by atoms with Gasteiger partial charge in [0.05, 0.1) is 24.8 Å². The minimum Gasteiger partial charge on any atom is -0.388 e. The fraction of sp³-hybridized carbons (Fsp3) is 0.667. The fourth-order valence-electron chi connectivity index (χ4n) is 0.482. The summed E-state index contributed by atoms with van der Waals surface area (Å²) >= 11 is 0. The van der Waals surface area contributed by atoms with Gasteiger partial charge in [0.1, 0.15) is 0 Å². The molecule has 0 bridgehead atoms. The van der Waals surface area contributed by atoms with E-state index in [0.29, 0.717) is 25.9 Å². The second-order valence-electron chi connectivity index (χ2n) is 2.28. The molecule has 0 aromatic rings. The Hall–Kier alpha value is -1.46. The van der Waals surface area contributed by atoms with Crippen LogP contribution in [0.5, 0.6) is 0 Å². The lowest BCUT2D eigenvalue weighted by Gasteiger charge is -1.92. The lowest BCUT2D eigenvalue weighted by molar-refractivity contribution is 0.848. The summed E-state index contributed by atoms with van der Waals surface area (Å²) in [7, 11) is 0. The third kappa shape index (κ3) is 8.54. The highest BCUT2D eigenvalue weighted by molar-refractivity contribution is 5.77. The Kier molecular flexibility index (Phi) is 5.50. The van der Waals surface area contributed by atoms with Gasteiger partial charge >= 0.3 is 0 Å². The number of azo groups is 1. The molecule has 0 radical (unpaired) electrons. The molecule has 6 N–H and O–H groups in total. The molecule has 0 aromatic carbocycles. The zero-order valence-corrected chi connectivity index (χ0v) is 6.88. The van der Waals surface area contributed by atoms with Gasteiger partial charge < -0.3 is 11.5 Å². The molecule has 0 aromatic heterocycles. The molecule has 0 aliphatic heterocycles. The number of nitrogens with two attached hydrogens (primary N) is 2. The van der Waals surface area contributed by atoms with Crippen molar-refractivity contribution in [3.8, 4) is 0 Å². The van der Waals surface area contributed by atoms with Gasteiger partial charge in [-0.3, -0.25) is 10.8 Å². The van der Waals surface area contributed by atoms with E-state index in [1.807, 2.05) is 0 Å². The van der Waals surface area contributed by atoms with Gasteiger partial charge in [-0.05, 0) is 0 Å². The lowest BCUT2D eigenvalue weighted by atomic mass is 10.4. The van der Waals surface area contributed by atoms with Crippen LogP contribution in [0.3, 0.4) is 0 Å². The van der Waals surface area contributed by atoms with Crippen LogP contribution in [0.2, 0.25) is 0 Å². The van der Waals surface area contributed by atoms with Gasteiger partial charge in [0.25, 0.3) is 0 Å². The lowest BCUT2D eigenvalue weighted by Crippen LogP contribution is -2.11. The number of nitrogens with zero attached hydrogens (tertiary/aromatic N) is 2. The first-order valence-electron chi connectivity index (χ1n) is 3.62. The van der Waals surface area contributed by atoms with Gasteiger partial charge in [-0.25, -0.2) is 0 Å². The van der Waals surface area contributed by atoms with Crippen molar-refractivity contribution in [3.63, 3.8) is 0 Å². The van der Waals surface area contributed by atoms with Crippen LogP contribution in [0.25, 0.3) is 0 Å². The van der Waals surface area contributed by atoms with E-state index >= 15 is 0 Å². The van der Waals surface area contributed by atoms with E-state index in [0.717, 1.165) is 0 Å². The summed E-state index contributed by atoms with van der Waals surface area (Å²) < 4.78 is 0. The monoisotopic (exact) mass is 170 g/mol. The number of rotatable bonds is 6. The third-order valence-electron chi connectivity index (χ3n) is 1.06. The van der Waals surface area contributed by atoms with Crippen molar-refractivity contribution in [2.75, 3.05) is 13.1 Å². The van der Waals surface area contributed by atoms with Crippen LogP contribution in [-0.4, -0.2) is 24.8 Å². The Morgan fingerprint density at radius 1 is 0.917 bits per heavy atom. The second kappa shape index (κ2) is 6.26. The molecule has 0 saturated heterocycles. The topological polar surface area (TPSA) is 124 Å². The normalized spacial score (nSPS) is 10.3. The summed E-state index contributed by atoms with van der Waals surface area (Å²) in [6.07, 6.45) is 0.868. The second-order valence-corrected chi connectivity index (χ2v) is 2.28. The maximum atomic E-state index is 6.86. The SMILES string of the molecule is N=C(N)CCN=NCCC(=N)N. The number of nitrogens with one attached hydrogen (secondary N) is 2. The summed E-state index contributed by atoms with van der Waals surface area (Å²) in [4.78, 5) is 0. The van der Waals surface area contributed by atoms with Crippen LogP contribution >= 0.6 is 0 Å². The summed E-state index contributed by atoms with van der Waals surface area (Å²) in [6.45, 7) is 0.875. The third-order valence-corrected chi connectivity index (χ3v) is 1.06. The van der Waals surface area contributed by atoms with E-state index in [-0.39, 0.29) is 11.7 Å². The summed E-state index contributed by atoms with van der Waals surface area (Å²) in [6, 6.07) is 0. The summed E-state index contributed by atoms with van der Waals surface area (Å²) in [5, 5.41) is 21.2. The van der Waals surface area contributed by atoms with Crippen molar-refractivity contribution in [2.24, 2.45) is 21.7 Å². The van der Waals surface area contributed by atoms with Gasteiger partial charge in [-0.2, -0.15) is 10.2 Å². The molecule has 0 atom stereocenters. The maximum absolute atomic E-state index is 6.86. The smallest absolute Gasteiger partial charge is 0.0924 e. The van der Waals surface area contributed by atoms with E-state index in [2.05, 4.69) is 10.2 Å². The molecule has 12 heavy (non-hydrogen) atoms. The van der Waals surface area contributed by atoms with Crippen LogP contribution in [-0.2, 0) is 0 Å². The van der Waals surface area contributed by atoms with Gasteiger partial charge in [-0.1, -0.05) is 0 Å². The average molecular weight is 170 g/mol. The molecule has 0 heterocycles. The van der Waals surface area contributed by atoms with E-state index in [1.165, 1.54) is 0 Å². The van der Waals surface area contributed by atoms with E-state index in [9.17, 15) is 0 Å². The van der Waals surface area contributed by atoms with Crippen molar-refractivity contribution >= 4 is 11.7 Å². The first-order chi connectivity index (χ1) is 5.63. The molecule has 0 fully saturated rings. The molecule has 6 heteroatoms. The molecule has 0 spiro atoms. The number of hydrogen-bond acceptors (Lipinski definition) is 4. The Bertz CT molecular complexity index is 164. The van der Waals surface area contributed by atoms with E-state index < -0.39 is 0 Å². The first-order valence-corrected chi connectivity index (χ1v) is 3.62. The van der Waals surface area contributed by atoms with Crippen LogP contribution in [0.1, 0.15) is 12.8 Å². The quantitative estimate of drug-likeness (QED) is 0.256. The highest BCUT2D eigenvalue weighted by atomic mass is 15.1. The zero-order valence-electron chi connectivity index (χ0n) is 6.88. The highest BCUT2D eigenvalue weighted by Crippen LogP contribution is 1.84. The fourth-order valence-corrected chi connectivity index (χ4v) is 0.482. The standard InChI is InChI=1S/C6H14N6/c7-5(8)1-3-11-12-4-2-6(9)10/h1-4H2,(H3,7,8)(H3,9,10). The van der Waals surface area contributed by atoms with Gasteiger partial charge in [0.15, 0.2) is 0 Å². The highest BCUT2D eigenvalue weighted by Gasteiger charge is 1.88. The molecule has 0 amide bonds. The predicted octanol–water partition coefficient (Wildman–Crippen LogP) is 0.0907. The largest absolute Gasteiger partial charge is 0.388 e. The molecule has 0 rings (SSSR count). The van der Waals surface area contributed by atoms with Gasteiger partial charge in [-0.15, -0.1) is 0 Å². The summed E-state index contributed by atoms with van der Waals surface area (Å²) in [5.74, 6) is 0.223. The van der Waals surface area contributed by atoms with Crippen molar-refractivity contribution in [1.29, 1.82) is 10.8 Å². The van der Waals surface area contributed by atoms with Crippen molar-refractivity contribution < 1.29 is 0 Å². The molecular weight excluding hydrogens is 156 g/mol. The summed E-state index contributed by atoms with van der Waals surface area (Å²) in [5.41, 5.74) is 10.2. The number of amidine groups is 2. The minimum atomic E-state index is 0.112. The van der Waals surface area contributed by atoms with Crippen LogP contribution in [0.15, 0.2) is 10.2 Å². The van der Waals surface area contributed by atoms with E-state index in [4.69, 9.17) is 22.3 Å². The molecule has 0 unspecified atom stereocenters. The Morgan fingerprint density at radius 2 is 1.25 bits per heavy atom. The maximum Gasteiger partial charge on any atom is 0.0924 e. The molecule has 0 aliphatic rings. The van der Waals surface area contributed by atoms with Crippen LogP contribution in [0, 0.1) is 10.8 Å². The Morgan fingerprint density at radius 3 is 1.50 bits per heavy atom. The van der Waals surface area contributed by atoms with Gasteiger partial charge in [0.2, 0.25) is 0 Å². The number of hydrogen-bond donors (Lipinski definition) is 4. The van der Waals surface area contributed by atoms with E-state index in [1.54, 1.807) is 0 Å². The van der Waals surface area contributed by atoms with Gasteiger partial charge in [0, 0.05) is 12.8 Å². The first kappa shape index (κ1) is 10.5. The molecule has 0 aliphatic carbocycles. The van der Waals surface area contributed by atoms with Crippen molar-refractivity contribution in [3.05, 3.63) is 0 Å². The van der Waals surface area contributed by atoms with Crippen molar-refractivity contribution in [1.82, 2.24) is 0 Å². The van der Waals surface area contributed by atoms with Crippen molar-refractivity contribution in [2.45, 2.75) is 12.8 Å². The predicted molar refractivity (Wildman–Crippen MR) is 47.7 cm³/mol. The molecule has 0 saturated carbocycles. The van der Waals surface area contributed by atoms with Crippen LogP contribution in [0.4, 0.5) is 0 Å². The zero-order chi connectivity index (χ0) is 9.40. The molecule has 68 valence electrons. The molecule has 6 nitrogen and oxygen atoms in total. The Balaban J connectivity index is 3.26. The Labute approximate surface area is 71.1 Å². The average Bonchev–Trinajstić information content (AvgIpc) is 1.95.